The van der Waals surface area contributed by atoms with Crippen molar-refractivity contribution in [2.45, 2.75) is 33.0 Å². The van der Waals surface area contributed by atoms with Crippen LogP contribution in [-0.2, 0) is 17.8 Å². The first-order chi connectivity index (χ1) is 16.0. The fourth-order valence-electron chi connectivity index (χ4n) is 4.65. The number of hydrogen-bond acceptors (Lipinski definition) is 5. The molecule has 0 unspecified atom stereocenters. The number of likely N-dealkylation sites (N-methyl/N-ethyl adjacent to an activating group) is 1. The van der Waals surface area contributed by atoms with Gasteiger partial charge in [0.05, 0.1) is 25.9 Å². The van der Waals surface area contributed by atoms with Gasteiger partial charge in [0.1, 0.15) is 12.4 Å². The monoisotopic (exact) mass is 451 g/mol. The molecule has 0 radical (unpaired) electrons. The maximum atomic E-state index is 10.8. The molecule has 0 aliphatic carbocycles. The molecule has 178 valence electrons. The molecule has 1 atom stereocenters. The zero-order chi connectivity index (χ0) is 23.2. The van der Waals surface area contributed by atoms with E-state index in [4.69, 9.17) is 9.47 Å². The second-order valence-corrected chi connectivity index (χ2v) is 9.14. The van der Waals surface area contributed by atoms with Gasteiger partial charge in [-0.2, -0.15) is 0 Å². The molecule has 0 spiro atoms. The number of aryl methyl sites for hydroxylation is 1. The minimum Gasteiger partial charge on any atom is -0.492 e. The quantitative estimate of drug-likeness (QED) is 0.512. The van der Waals surface area contributed by atoms with Gasteiger partial charge in [0, 0.05) is 49.3 Å². The Morgan fingerprint density at radius 2 is 1.79 bits per heavy atom. The predicted molar refractivity (Wildman–Crippen MR) is 133 cm³/mol. The van der Waals surface area contributed by atoms with E-state index in [2.05, 4.69) is 71.7 Å². The van der Waals surface area contributed by atoms with Crippen molar-refractivity contribution >= 4 is 10.9 Å². The highest BCUT2D eigenvalue weighted by atomic mass is 16.5. The highest BCUT2D eigenvalue weighted by Crippen LogP contribution is 2.25. The number of ether oxygens (including phenoxy) is 2. The van der Waals surface area contributed by atoms with Crippen LogP contribution in [0.3, 0.4) is 0 Å². The second kappa shape index (κ2) is 11.2. The van der Waals surface area contributed by atoms with Gasteiger partial charge in [-0.05, 0) is 50.2 Å². The molecule has 1 saturated heterocycles. The van der Waals surface area contributed by atoms with Crippen molar-refractivity contribution < 1.29 is 14.6 Å². The number of rotatable bonds is 10. The Kier molecular flexibility index (Phi) is 8.04. The molecular weight excluding hydrogens is 414 g/mol. The number of para-hydroxylation sites is 1. The van der Waals surface area contributed by atoms with Gasteiger partial charge in [0.2, 0.25) is 0 Å². The molecular formula is C27H37N3O3. The third-order valence-corrected chi connectivity index (χ3v) is 6.62. The zero-order valence-corrected chi connectivity index (χ0v) is 20.2. The highest BCUT2D eigenvalue weighted by molar-refractivity contribution is 5.85. The average molecular weight is 452 g/mol. The smallest absolute Gasteiger partial charge is 0.119 e. The van der Waals surface area contributed by atoms with Crippen LogP contribution in [0.2, 0.25) is 0 Å². The van der Waals surface area contributed by atoms with Gasteiger partial charge in [-0.25, -0.2) is 0 Å². The molecule has 0 amide bonds. The summed E-state index contributed by atoms with van der Waals surface area (Å²) in [5, 5.41) is 12.1. The van der Waals surface area contributed by atoms with Crippen molar-refractivity contribution in [2.75, 3.05) is 53.0 Å². The number of fused-ring (bicyclic) bond motifs is 1. The fraction of sp³-hybridized carbons (Fsp3) is 0.481. The molecule has 0 saturated carbocycles. The van der Waals surface area contributed by atoms with Crippen molar-refractivity contribution in [2.24, 2.45) is 0 Å². The van der Waals surface area contributed by atoms with Crippen molar-refractivity contribution in [1.29, 1.82) is 0 Å². The van der Waals surface area contributed by atoms with E-state index < -0.39 is 6.10 Å². The van der Waals surface area contributed by atoms with Crippen LogP contribution in [0.15, 0.2) is 48.5 Å². The number of aliphatic hydroxyl groups is 1. The van der Waals surface area contributed by atoms with Crippen LogP contribution >= 0.6 is 0 Å². The highest BCUT2D eigenvalue weighted by Gasteiger charge is 2.15. The summed E-state index contributed by atoms with van der Waals surface area (Å²) in [6.45, 7) is 11.5. The van der Waals surface area contributed by atoms with Gasteiger partial charge in [0.15, 0.2) is 0 Å². The molecule has 0 bridgehead atoms. The topological polar surface area (TPSA) is 50.1 Å². The molecule has 2 heterocycles. The summed E-state index contributed by atoms with van der Waals surface area (Å²) in [6, 6.07) is 16.7. The van der Waals surface area contributed by atoms with E-state index in [1.165, 1.54) is 27.7 Å². The largest absolute Gasteiger partial charge is 0.492 e. The van der Waals surface area contributed by atoms with E-state index in [9.17, 15) is 5.11 Å². The third kappa shape index (κ3) is 6.15. The number of aliphatic hydroxyl groups excluding tert-OH is 1. The summed E-state index contributed by atoms with van der Waals surface area (Å²) >= 11 is 0. The summed E-state index contributed by atoms with van der Waals surface area (Å²) in [6.07, 6.45) is -0.438. The van der Waals surface area contributed by atoms with Crippen LogP contribution in [0.4, 0.5) is 0 Å². The normalized spacial score (nSPS) is 15.9. The summed E-state index contributed by atoms with van der Waals surface area (Å²) in [5.74, 6) is 0.903. The number of nitrogens with zero attached hydrogens (tertiary/aromatic N) is 3. The van der Waals surface area contributed by atoms with E-state index in [1.807, 2.05) is 12.1 Å². The maximum Gasteiger partial charge on any atom is 0.119 e. The minimum atomic E-state index is -0.438. The lowest BCUT2D eigenvalue weighted by atomic mass is 10.2. The van der Waals surface area contributed by atoms with Gasteiger partial charge >= 0.3 is 0 Å². The molecule has 1 N–H and O–H groups in total. The molecule has 4 rings (SSSR count). The van der Waals surface area contributed by atoms with E-state index >= 15 is 0 Å². The Morgan fingerprint density at radius 3 is 2.55 bits per heavy atom. The molecule has 6 heteroatoms. The molecule has 1 aromatic heterocycles. The number of benzene rings is 2. The third-order valence-electron chi connectivity index (χ3n) is 6.62. The first kappa shape index (κ1) is 23.8. The predicted octanol–water partition coefficient (Wildman–Crippen LogP) is 3.46. The molecule has 2 aromatic carbocycles. The molecule has 1 aliphatic heterocycles. The van der Waals surface area contributed by atoms with E-state index in [0.717, 1.165) is 45.1 Å². The summed E-state index contributed by atoms with van der Waals surface area (Å²) in [5.41, 5.74) is 4.92. The van der Waals surface area contributed by atoms with E-state index in [0.29, 0.717) is 19.7 Å². The second-order valence-electron chi connectivity index (χ2n) is 9.14. The first-order valence-corrected chi connectivity index (χ1v) is 11.9. The maximum absolute atomic E-state index is 10.8. The van der Waals surface area contributed by atoms with Crippen LogP contribution in [0.1, 0.15) is 16.8 Å². The molecule has 33 heavy (non-hydrogen) atoms. The van der Waals surface area contributed by atoms with Crippen LogP contribution in [-0.4, -0.2) is 78.6 Å². The van der Waals surface area contributed by atoms with Crippen molar-refractivity contribution in [1.82, 2.24) is 14.4 Å². The lowest BCUT2D eigenvalue weighted by molar-refractivity contribution is 0.0322. The van der Waals surface area contributed by atoms with Crippen LogP contribution in [0.25, 0.3) is 10.9 Å². The number of hydrogen-bond donors (Lipinski definition) is 1. The Bertz CT molecular complexity index is 1030. The average Bonchev–Trinajstić information content (AvgIpc) is 3.06. The van der Waals surface area contributed by atoms with Crippen LogP contribution < -0.4 is 4.74 Å². The van der Waals surface area contributed by atoms with E-state index in [-0.39, 0.29) is 0 Å². The van der Waals surface area contributed by atoms with Crippen LogP contribution in [0.5, 0.6) is 5.75 Å². The number of morpholine rings is 1. The lowest BCUT2D eigenvalue weighted by Crippen LogP contribution is -2.38. The zero-order valence-electron chi connectivity index (χ0n) is 20.2. The van der Waals surface area contributed by atoms with Crippen molar-refractivity contribution in [3.8, 4) is 5.75 Å². The molecule has 6 nitrogen and oxygen atoms in total. The summed E-state index contributed by atoms with van der Waals surface area (Å²) in [7, 11) is 2.06. The summed E-state index contributed by atoms with van der Waals surface area (Å²) < 4.78 is 13.5. The Hall–Kier alpha value is -2.38. The van der Waals surface area contributed by atoms with Gasteiger partial charge < -0.3 is 19.1 Å². The van der Waals surface area contributed by atoms with E-state index in [1.54, 1.807) is 0 Å². The van der Waals surface area contributed by atoms with Crippen molar-refractivity contribution in [3.05, 3.63) is 65.4 Å². The van der Waals surface area contributed by atoms with Gasteiger partial charge in [-0.3, -0.25) is 9.80 Å². The molecule has 3 aromatic rings. The van der Waals surface area contributed by atoms with Crippen molar-refractivity contribution in [3.63, 3.8) is 0 Å². The van der Waals surface area contributed by atoms with Crippen LogP contribution in [0, 0.1) is 13.8 Å². The first-order valence-electron chi connectivity index (χ1n) is 11.9. The SMILES string of the molecule is Cc1c(C)n(C[C@H](O)CN(C)Cc2ccc(OCCN3CCOCC3)cc2)c2ccccc12. The standard InChI is InChI=1S/C27H37N3O3/c1-21-22(2)30(27-7-5-4-6-26(21)27)20-24(31)19-28(3)18-23-8-10-25(11-9-23)33-17-14-29-12-15-32-16-13-29/h4-11,24,31H,12-20H2,1-3H3/t24-/m1/s1. The molecule has 1 aliphatic rings. The fourth-order valence-corrected chi connectivity index (χ4v) is 4.65. The Balaban J connectivity index is 1.24. The minimum absolute atomic E-state index is 0.438. The lowest BCUT2D eigenvalue weighted by Gasteiger charge is -2.26. The van der Waals surface area contributed by atoms with Gasteiger partial charge in [0.25, 0.3) is 0 Å². The Labute approximate surface area is 197 Å². The number of aromatic nitrogens is 1. The van der Waals surface area contributed by atoms with Gasteiger partial charge in [-0.15, -0.1) is 0 Å². The summed E-state index contributed by atoms with van der Waals surface area (Å²) in [4.78, 5) is 4.55. The molecule has 1 fully saturated rings. The Morgan fingerprint density at radius 1 is 1.06 bits per heavy atom. The van der Waals surface area contributed by atoms with Gasteiger partial charge in [-0.1, -0.05) is 30.3 Å².